The molecule has 8 aromatic rings. The Labute approximate surface area is 427 Å². The van der Waals surface area contributed by atoms with Gasteiger partial charge in [0.1, 0.15) is 0 Å². The molecule has 2 heterocycles. The quantitative estimate of drug-likeness (QED) is 0.0903. The predicted molar refractivity (Wildman–Crippen MR) is 275 cm³/mol. The van der Waals surface area contributed by atoms with Crippen LogP contribution in [-0.4, -0.2) is 122 Å². The summed E-state index contributed by atoms with van der Waals surface area (Å²) in [6, 6.07) is 50.4. The molecule has 0 radical (unpaired) electrons. The van der Waals surface area contributed by atoms with E-state index in [9.17, 15) is 0 Å². The Bertz CT molecular complexity index is 2710. The molecule has 0 atom stereocenters. The number of hydrogen-bond donors (Lipinski definition) is 0. The van der Waals surface area contributed by atoms with Gasteiger partial charge >= 0.3 is 431 Å². The minimum atomic E-state index is -5.62. The van der Waals surface area contributed by atoms with Gasteiger partial charge in [0.05, 0.1) is 0 Å². The third-order valence-electron chi connectivity index (χ3n) is 10.8. The first-order valence-corrected chi connectivity index (χ1v) is 34.4. The summed E-state index contributed by atoms with van der Waals surface area (Å²) in [5, 5.41) is 0. The fourth-order valence-electron chi connectivity index (χ4n) is 7.04. The van der Waals surface area contributed by atoms with Crippen LogP contribution in [0.1, 0.15) is 20.7 Å². The number of methoxy groups -OCH3 is 6. The van der Waals surface area contributed by atoms with Crippen molar-refractivity contribution in [3.8, 4) is 34.5 Å². The van der Waals surface area contributed by atoms with E-state index in [0.717, 1.165) is 0 Å². The second-order valence-corrected chi connectivity index (χ2v) is 38.5. The average molecular weight is 1300 g/mol. The molecule has 0 bridgehead atoms. The Hall–Kier alpha value is -6.35. The fraction of sp³-hybridized carbons (Fsp3) is 0.111. The number of benzene rings is 6. The van der Waals surface area contributed by atoms with E-state index < -0.39 is 68.9 Å². The van der Waals surface area contributed by atoms with Gasteiger partial charge in [0.2, 0.25) is 0 Å². The van der Waals surface area contributed by atoms with E-state index in [-0.39, 0.29) is 11.1 Å². The Balaban J connectivity index is 1.54. The third kappa shape index (κ3) is 11.1. The summed E-state index contributed by atoms with van der Waals surface area (Å²) in [6.07, 6.45) is 6.10. The van der Waals surface area contributed by atoms with Crippen molar-refractivity contribution in [1.29, 1.82) is 0 Å². The summed E-state index contributed by atoms with van der Waals surface area (Å²) in [5.74, 6) is 2.04. The number of pyridine rings is 2. The molecule has 0 amide bonds. The summed E-state index contributed by atoms with van der Waals surface area (Å²) >= 11 is -16.6. The molecule has 0 aliphatic rings. The third-order valence-corrected chi connectivity index (χ3v) is 45.2. The van der Waals surface area contributed by atoms with Gasteiger partial charge in [-0.1, -0.05) is 0 Å². The molecule has 6 aromatic carbocycles. The molecule has 0 spiro atoms. The molecule has 14 nitrogen and oxygen atoms in total. The second kappa shape index (κ2) is 23.3. The summed E-state index contributed by atoms with van der Waals surface area (Å²) in [4.78, 5) is 38.5. The average Bonchev–Trinajstić information content (AvgIpc) is 3.45. The van der Waals surface area contributed by atoms with Crippen molar-refractivity contribution < 1.29 is 47.1 Å². The van der Waals surface area contributed by atoms with Gasteiger partial charge in [-0.05, 0) is 0 Å². The van der Waals surface area contributed by atoms with Crippen LogP contribution < -0.4 is 50.1 Å². The SMILES string of the molecule is COc1ccc([Te](OC(=O)c2ccncc2)(O[Te](O[Te](OC(=O)c2ccncc2)(c2ccc(OC)cc2)c2ccc(OC)cc2)(c2ccc(OC)cc2)c2ccc(OC)cc2)c2ccc(OC)cc2)cc1. The van der Waals surface area contributed by atoms with Gasteiger partial charge in [0.15, 0.2) is 0 Å². The van der Waals surface area contributed by atoms with E-state index in [1.54, 1.807) is 115 Å². The van der Waals surface area contributed by atoms with Crippen molar-refractivity contribution in [3.05, 3.63) is 206 Å². The fourth-order valence-corrected chi connectivity index (χ4v) is 51.0. The van der Waals surface area contributed by atoms with Crippen LogP contribution in [0.15, 0.2) is 195 Å². The number of carbonyl (C=O) groups excluding carboxylic acids is 2. The monoisotopic (exact) mass is 1310 g/mol. The molecule has 0 N–H and O–H groups in total. The van der Waals surface area contributed by atoms with E-state index in [1.807, 2.05) is 97.1 Å². The first kappa shape index (κ1) is 51.0. The van der Waals surface area contributed by atoms with Gasteiger partial charge in [-0.25, -0.2) is 0 Å². The van der Waals surface area contributed by atoms with Crippen LogP contribution in [0.4, 0.5) is 0 Å². The van der Waals surface area contributed by atoms with Gasteiger partial charge in [0, 0.05) is 0 Å². The zero-order chi connectivity index (χ0) is 49.9. The van der Waals surface area contributed by atoms with Crippen molar-refractivity contribution in [3.63, 3.8) is 0 Å². The maximum atomic E-state index is 15.1. The van der Waals surface area contributed by atoms with Crippen LogP contribution in [0.2, 0.25) is 0 Å². The van der Waals surface area contributed by atoms with Crippen molar-refractivity contribution in [2.45, 2.75) is 0 Å². The van der Waals surface area contributed by atoms with Crippen LogP contribution >= 0.6 is 0 Å². The van der Waals surface area contributed by atoms with E-state index in [1.165, 1.54) is 24.8 Å². The zero-order valence-electron chi connectivity index (χ0n) is 39.5. The molecule has 0 saturated heterocycles. The van der Waals surface area contributed by atoms with Gasteiger partial charge in [0.25, 0.3) is 0 Å². The molecule has 0 aliphatic heterocycles. The number of nitrogens with zero attached hydrogens (tertiary/aromatic N) is 2. The molecule has 0 aliphatic carbocycles. The molecule has 71 heavy (non-hydrogen) atoms. The van der Waals surface area contributed by atoms with Crippen LogP contribution in [-0.2, 0) is 9.13 Å². The molecule has 0 fully saturated rings. The number of ether oxygens (including phenoxy) is 6. The van der Waals surface area contributed by atoms with Gasteiger partial charge in [-0.15, -0.1) is 0 Å². The van der Waals surface area contributed by atoms with Gasteiger partial charge in [-0.2, -0.15) is 0 Å². The van der Waals surface area contributed by atoms with Gasteiger partial charge in [-0.3, -0.25) is 0 Å². The van der Waals surface area contributed by atoms with Crippen molar-refractivity contribution in [1.82, 2.24) is 9.97 Å². The topological polar surface area (TPSA) is 152 Å². The summed E-state index contributed by atoms with van der Waals surface area (Å²) < 4.78 is 68.8. The summed E-state index contributed by atoms with van der Waals surface area (Å²) in [7, 11) is 9.47. The second-order valence-electron chi connectivity index (χ2n) is 14.9. The zero-order valence-corrected chi connectivity index (χ0v) is 46.5. The van der Waals surface area contributed by atoms with E-state index in [2.05, 4.69) is 9.97 Å². The predicted octanol–water partition coefficient (Wildman–Crippen LogP) is 5.35. The van der Waals surface area contributed by atoms with Crippen molar-refractivity contribution in [2.24, 2.45) is 0 Å². The molecular formula is C54H50N2O12Te3. The first-order chi connectivity index (χ1) is 34.6. The maximum absolute atomic E-state index is 15.1. The van der Waals surface area contributed by atoms with Crippen LogP contribution in [0.5, 0.6) is 34.5 Å². The standard InChI is InChI=1S/C54H50N2O12Te3/c1-59-41-7-19-47(20-8-41)69(48-21-9-42(60-2)10-22-48,65-53(57)39-31-35-55-36-32-39)67-71(51-27-15-45(63-5)16-28-51,52-29-17-46(64-6)18-30-52)68-70(49-23-11-43(61-3)12-24-49,50-25-13-44(62-4)14-26-50)66-54(58)40-33-37-56-38-34-40/h7-38H,1-6H3. The Kier molecular flexibility index (Phi) is 16.7. The van der Waals surface area contributed by atoms with E-state index in [0.29, 0.717) is 56.2 Å². The van der Waals surface area contributed by atoms with Crippen LogP contribution in [0.3, 0.4) is 0 Å². The Morgan fingerprint density at radius 2 is 0.493 bits per heavy atom. The Morgan fingerprint density at radius 1 is 0.296 bits per heavy atom. The van der Waals surface area contributed by atoms with Crippen LogP contribution in [0.25, 0.3) is 0 Å². The number of hydrogen-bond acceptors (Lipinski definition) is 14. The normalized spacial score (nSPS) is 12.1. The van der Waals surface area contributed by atoms with E-state index >= 15 is 9.59 Å². The molecule has 8 rings (SSSR count). The van der Waals surface area contributed by atoms with Crippen molar-refractivity contribution >= 4 is 90.6 Å². The number of carbonyl (C=O) groups is 2. The molecular weight excluding hydrogens is 1250 g/mol. The molecule has 366 valence electrons. The van der Waals surface area contributed by atoms with E-state index in [4.69, 9.17) is 37.6 Å². The van der Waals surface area contributed by atoms with Gasteiger partial charge < -0.3 is 0 Å². The summed E-state index contributed by atoms with van der Waals surface area (Å²) in [5.41, 5.74) is 0.480. The summed E-state index contributed by atoms with van der Waals surface area (Å²) in [6.45, 7) is 0. The molecule has 17 heteroatoms. The van der Waals surface area contributed by atoms with Crippen LogP contribution in [0, 0.1) is 0 Å². The molecule has 0 saturated carbocycles. The van der Waals surface area contributed by atoms with Crippen molar-refractivity contribution in [2.75, 3.05) is 42.7 Å². The Morgan fingerprint density at radius 3 is 0.690 bits per heavy atom. The minimum absolute atomic E-state index is 0.240. The number of rotatable bonds is 20. The number of aromatic nitrogens is 2. The first-order valence-electron chi connectivity index (χ1n) is 21.7. The molecule has 0 unspecified atom stereocenters. The molecule has 2 aromatic heterocycles.